The van der Waals surface area contributed by atoms with E-state index in [4.69, 9.17) is 20.9 Å². The van der Waals surface area contributed by atoms with Crippen LogP contribution in [0.3, 0.4) is 0 Å². The minimum atomic E-state index is -0.0642. The van der Waals surface area contributed by atoms with Crippen molar-refractivity contribution in [1.29, 1.82) is 0 Å². The van der Waals surface area contributed by atoms with Crippen LogP contribution in [0.25, 0.3) is 0 Å². The maximum absolute atomic E-state index is 5.56. The zero-order valence-electron chi connectivity index (χ0n) is 8.49. The smallest absolute Gasteiger partial charge is 0.241 e. The van der Waals surface area contributed by atoms with E-state index in [9.17, 15) is 0 Å². The molecular weight excluding hydrogens is 204 g/mol. The Morgan fingerprint density at radius 3 is 2.79 bits per heavy atom. The maximum Gasteiger partial charge on any atom is 0.241 e. The van der Waals surface area contributed by atoms with E-state index < -0.39 is 0 Å². The van der Waals surface area contributed by atoms with Gasteiger partial charge in [-0.1, -0.05) is 18.5 Å². The molecule has 0 aromatic carbocycles. The summed E-state index contributed by atoms with van der Waals surface area (Å²) in [5.74, 6) is 1.30. The highest BCUT2D eigenvalue weighted by Crippen LogP contribution is 2.20. The van der Waals surface area contributed by atoms with E-state index in [1.807, 2.05) is 6.92 Å². The van der Waals surface area contributed by atoms with Gasteiger partial charge in [0.25, 0.3) is 0 Å². The Labute approximate surface area is 88.6 Å². The van der Waals surface area contributed by atoms with Crippen LogP contribution in [0.1, 0.15) is 44.5 Å². The molecule has 0 spiro atoms. The Morgan fingerprint density at radius 2 is 2.29 bits per heavy atom. The average molecular weight is 219 g/mol. The van der Waals surface area contributed by atoms with Crippen molar-refractivity contribution < 1.29 is 9.26 Å². The fourth-order valence-electron chi connectivity index (χ4n) is 1.20. The Morgan fingerprint density at radius 1 is 1.50 bits per heavy atom. The Kier molecular flexibility index (Phi) is 4.90. The Hall–Kier alpha value is -0.610. The molecule has 0 aliphatic carbocycles. The lowest BCUT2D eigenvalue weighted by atomic mass is 10.2. The second kappa shape index (κ2) is 5.98. The fourth-order valence-corrected chi connectivity index (χ4v) is 1.31. The average Bonchev–Trinajstić information content (AvgIpc) is 2.65. The molecule has 1 unspecified atom stereocenters. The van der Waals surface area contributed by atoms with Crippen LogP contribution < -0.4 is 0 Å². The summed E-state index contributed by atoms with van der Waals surface area (Å²) >= 11 is 5.56. The summed E-state index contributed by atoms with van der Waals surface area (Å²) in [7, 11) is 0. The first-order valence-corrected chi connectivity index (χ1v) is 5.35. The van der Waals surface area contributed by atoms with Crippen molar-refractivity contribution in [3.8, 4) is 0 Å². The second-order valence-corrected chi connectivity index (χ2v) is 3.18. The van der Waals surface area contributed by atoms with Gasteiger partial charge in [0.2, 0.25) is 11.7 Å². The number of alkyl halides is 1. The molecule has 14 heavy (non-hydrogen) atoms. The molecule has 80 valence electrons. The monoisotopic (exact) mass is 218 g/mol. The van der Waals surface area contributed by atoms with Gasteiger partial charge in [-0.25, -0.2) is 0 Å². The lowest BCUT2D eigenvalue weighted by Gasteiger charge is -2.10. The first kappa shape index (κ1) is 11.5. The van der Waals surface area contributed by atoms with Gasteiger partial charge in [0.1, 0.15) is 12.0 Å². The Balaban J connectivity index is 2.65. The number of rotatable bonds is 6. The summed E-state index contributed by atoms with van der Waals surface area (Å²) in [6.07, 6.45) is 1.86. The minimum Gasteiger partial charge on any atom is -0.370 e. The molecule has 0 aliphatic rings. The van der Waals surface area contributed by atoms with Crippen LogP contribution in [-0.4, -0.2) is 16.7 Å². The zero-order chi connectivity index (χ0) is 10.4. The number of hydrogen-bond donors (Lipinski definition) is 0. The molecule has 0 fully saturated rings. The van der Waals surface area contributed by atoms with Gasteiger partial charge in [0, 0.05) is 6.61 Å². The minimum absolute atomic E-state index is 0.0642. The van der Waals surface area contributed by atoms with Crippen molar-refractivity contribution in [2.24, 2.45) is 0 Å². The molecule has 0 bridgehead atoms. The lowest BCUT2D eigenvalue weighted by molar-refractivity contribution is 0.0478. The summed E-state index contributed by atoms with van der Waals surface area (Å²) in [4.78, 5) is 4.13. The van der Waals surface area contributed by atoms with E-state index >= 15 is 0 Å². The molecule has 0 amide bonds. The van der Waals surface area contributed by atoms with Crippen LogP contribution in [0.4, 0.5) is 0 Å². The molecule has 1 heterocycles. The van der Waals surface area contributed by atoms with E-state index in [-0.39, 0.29) is 12.0 Å². The molecule has 0 radical (unpaired) electrons. The molecule has 1 atom stereocenters. The summed E-state index contributed by atoms with van der Waals surface area (Å²) < 4.78 is 10.4. The third kappa shape index (κ3) is 2.96. The van der Waals surface area contributed by atoms with Crippen molar-refractivity contribution in [3.05, 3.63) is 11.7 Å². The van der Waals surface area contributed by atoms with Gasteiger partial charge in [0.15, 0.2) is 0 Å². The van der Waals surface area contributed by atoms with Crippen molar-refractivity contribution in [2.45, 2.75) is 38.7 Å². The number of aromatic nitrogens is 2. The van der Waals surface area contributed by atoms with Gasteiger partial charge in [-0.05, 0) is 13.3 Å². The first-order chi connectivity index (χ1) is 6.81. The molecule has 0 aliphatic heterocycles. The quantitative estimate of drug-likeness (QED) is 0.689. The Bertz CT molecular complexity index is 259. The van der Waals surface area contributed by atoms with Crippen molar-refractivity contribution in [1.82, 2.24) is 10.1 Å². The predicted octanol–water partition coefficient (Wildman–Crippen LogP) is 2.69. The van der Waals surface area contributed by atoms with Crippen LogP contribution in [0.15, 0.2) is 4.52 Å². The van der Waals surface area contributed by atoms with Gasteiger partial charge >= 0.3 is 0 Å². The van der Waals surface area contributed by atoms with E-state index in [0.29, 0.717) is 18.3 Å². The topological polar surface area (TPSA) is 48.2 Å². The number of nitrogens with zero attached hydrogens (tertiary/aromatic N) is 2. The molecule has 4 nitrogen and oxygen atoms in total. The van der Waals surface area contributed by atoms with Crippen molar-refractivity contribution >= 4 is 11.6 Å². The van der Waals surface area contributed by atoms with Crippen LogP contribution in [0.2, 0.25) is 0 Å². The number of ether oxygens (including phenoxy) is 1. The zero-order valence-corrected chi connectivity index (χ0v) is 9.25. The molecule has 1 aromatic rings. The predicted molar refractivity (Wildman–Crippen MR) is 53.1 cm³/mol. The first-order valence-electron chi connectivity index (χ1n) is 4.81. The molecule has 0 N–H and O–H groups in total. The highest BCUT2D eigenvalue weighted by Gasteiger charge is 2.17. The lowest BCUT2D eigenvalue weighted by Crippen LogP contribution is -2.06. The summed E-state index contributed by atoms with van der Waals surface area (Å²) in [5, 5.41) is 3.83. The van der Waals surface area contributed by atoms with E-state index in [1.54, 1.807) is 0 Å². The third-order valence-corrected chi connectivity index (χ3v) is 2.03. The van der Waals surface area contributed by atoms with Gasteiger partial charge in [-0.3, -0.25) is 0 Å². The van der Waals surface area contributed by atoms with E-state index in [2.05, 4.69) is 17.1 Å². The molecule has 0 saturated carbocycles. The van der Waals surface area contributed by atoms with Crippen LogP contribution in [0, 0.1) is 0 Å². The van der Waals surface area contributed by atoms with Gasteiger partial charge < -0.3 is 9.26 Å². The second-order valence-electron chi connectivity index (χ2n) is 2.91. The van der Waals surface area contributed by atoms with Crippen LogP contribution >= 0.6 is 11.6 Å². The number of halogens is 1. The normalized spacial score (nSPS) is 13.1. The van der Waals surface area contributed by atoms with E-state index in [1.165, 1.54) is 0 Å². The third-order valence-electron chi connectivity index (χ3n) is 1.80. The molecule has 1 aromatic heterocycles. The molecule has 5 heteroatoms. The summed E-state index contributed by atoms with van der Waals surface area (Å²) in [5.41, 5.74) is 0. The number of hydrogen-bond acceptors (Lipinski definition) is 4. The van der Waals surface area contributed by atoms with Gasteiger partial charge in [0.05, 0.1) is 0 Å². The highest BCUT2D eigenvalue weighted by atomic mass is 35.5. The van der Waals surface area contributed by atoms with Gasteiger partial charge in [-0.2, -0.15) is 4.98 Å². The molecular formula is C9H15ClN2O2. The SMILES string of the molecule is CCCC(OCC)c1noc(CCl)n1. The largest absolute Gasteiger partial charge is 0.370 e. The standard InChI is InChI=1S/C9H15ClN2O2/c1-3-5-7(13-4-2)9-11-8(6-10)14-12-9/h7H,3-6H2,1-2H3. The van der Waals surface area contributed by atoms with Crippen LogP contribution in [0.5, 0.6) is 0 Å². The summed E-state index contributed by atoms with van der Waals surface area (Å²) in [6, 6.07) is 0. The van der Waals surface area contributed by atoms with Crippen molar-refractivity contribution in [2.75, 3.05) is 6.61 Å². The van der Waals surface area contributed by atoms with E-state index in [0.717, 1.165) is 12.8 Å². The summed E-state index contributed by atoms with van der Waals surface area (Å²) in [6.45, 7) is 4.69. The van der Waals surface area contributed by atoms with Crippen molar-refractivity contribution in [3.63, 3.8) is 0 Å². The fraction of sp³-hybridized carbons (Fsp3) is 0.778. The van der Waals surface area contributed by atoms with Crippen LogP contribution in [-0.2, 0) is 10.6 Å². The molecule has 1 rings (SSSR count). The maximum atomic E-state index is 5.56. The molecule has 0 saturated heterocycles. The van der Waals surface area contributed by atoms with Gasteiger partial charge in [-0.15, -0.1) is 11.6 Å². The highest BCUT2D eigenvalue weighted by molar-refractivity contribution is 6.16.